The molecule has 2 nitrogen and oxygen atoms in total. The molecule has 0 unspecified atom stereocenters. The Hall–Kier alpha value is -2.67. The lowest BCUT2D eigenvalue weighted by molar-refractivity contribution is -0.150. The Bertz CT molecular complexity index is 775. The molecular weight excluding hydrogens is 296 g/mol. The van der Waals surface area contributed by atoms with Crippen molar-refractivity contribution in [1.29, 1.82) is 0 Å². The summed E-state index contributed by atoms with van der Waals surface area (Å²) < 4.78 is 28.2. The van der Waals surface area contributed by atoms with Gasteiger partial charge in [0.25, 0.3) is 0 Å². The van der Waals surface area contributed by atoms with Gasteiger partial charge < -0.3 is 4.90 Å². The quantitative estimate of drug-likeness (QED) is 0.740. The van der Waals surface area contributed by atoms with Gasteiger partial charge in [-0.25, -0.2) is 0 Å². The van der Waals surface area contributed by atoms with E-state index in [9.17, 15) is 13.6 Å². The second-order valence-corrected chi connectivity index (χ2v) is 5.44. The molecule has 2 aromatic carbocycles. The first-order valence-electron chi connectivity index (χ1n) is 7.38. The molecule has 0 bridgehead atoms. The molecule has 1 amide bonds. The topological polar surface area (TPSA) is 20.3 Å². The fourth-order valence-corrected chi connectivity index (χ4v) is 2.59. The first-order chi connectivity index (χ1) is 11.1. The minimum Gasteiger partial charge on any atom is -0.332 e. The van der Waals surface area contributed by atoms with Crippen LogP contribution >= 0.6 is 0 Å². The number of carbonyl (C=O) groups excluding carboxylic acids is 1. The molecule has 1 heterocycles. The van der Waals surface area contributed by atoms with E-state index >= 15 is 0 Å². The maximum absolute atomic E-state index is 14.1. The van der Waals surface area contributed by atoms with Crippen LogP contribution in [0.5, 0.6) is 0 Å². The smallest absolute Gasteiger partial charge is 0.332 e. The summed E-state index contributed by atoms with van der Waals surface area (Å²) in [5, 5.41) is 0. The Morgan fingerprint density at radius 2 is 1.65 bits per heavy atom. The number of amides is 1. The van der Waals surface area contributed by atoms with Gasteiger partial charge in [0, 0.05) is 18.7 Å². The van der Waals surface area contributed by atoms with Gasteiger partial charge >= 0.3 is 11.8 Å². The molecule has 0 atom stereocenters. The third-order valence-electron chi connectivity index (χ3n) is 3.82. The van der Waals surface area contributed by atoms with Crippen molar-refractivity contribution in [2.75, 3.05) is 6.54 Å². The summed E-state index contributed by atoms with van der Waals surface area (Å²) in [5.41, 5.74) is 2.48. The fourth-order valence-electron chi connectivity index (χ4n) is 2.59. The van der Waals surface area contributed by atoms with E-state index < -0.39 is 11.8 Å². The van der Waals surface area contributed by atoms with Gasteiger partial charge in [-0.3, -0.25) is 4.79 Å². The van der Waals surface area contributed by atoms with Crippen LogP contribution in [0.15, 0.2) is 54.6 Å². The minimum absolute atomic E-state index is 0.206. The zero-order chi connectivity index (χ0) is 16.3. The van der Waals surface area contributed by atoms with Crippen molar-refractivity contribution >= 4 is 5.91 Å². The molecule has 0 fully saturated rings. The van der Waals surface area contributed by atoms with Crippen LogP contribution in [-0.4, -0.2) is 23.3 Å². The number of rotatable bonds is 1. The van der Waals surface area contributed by atoms with Crippen LogP contribution in [0, 0.1) is 11.8 Å². The normalized spacial score (nSPS) is 13.7. The van der Waals surface area contributed by atoms with Crippen molar-refractivity contribution in [3.63, 3.8) is 0 Å². The number of halogens is 2. The zero-order valence-corrected chi connectivity index (χ0v) is 12.4. The van der Waals surface area contributed by atoms with E-state index in [1.54, 1.807) is 30.3 Å². The second kappa shape index (κ2) is 6.21. The Labute approximate surface area is 133 Å². The Balaban J connectivity index is 1.76. The van der Waals surface area contributed by atoms with Crippen LogP contribution in [0.4, 0.5) is 8.78 Å². The molecular formula is C19H15F2NO. The predicted octanol–water partition coefficient (Wildman–Crippen LogP) is 3.26. The van der Waals surface area contributed by atoms with Gasteiger partial charge in [0.05, 0.1) is 0 Å². The third-order valence-corrected chi connectivity index (χ3v) is 3.82. The number of alkyl halides is 2. The molecule has 2 aromatic rings. The van der Waals surface area contributed by atoms with Crippen LogP contribution in [-0.2, 0) is 17.8 Å². The Kier molecular flexibility index (Phi) is 4.12. The molecule has 1 aliphatic rings. The van der Waals surface area contributed by atoms with Crippen molar-refractivity contribution in [3.05, 3.63) is 71.3 Å². The summed E-state index contributed by atoms with van der Waals surface area (Å²) in [7, 11) is 0. The SMILES string of the molecule is O=C(N1CCc2ccccc2C1)C(F)(F)C#Cc1ccccc1. The van der Waals surface area contributed by atoms with E-state index in [-0.39, 0.29) is 6.54 Å². The molecule has 116 valence electrons. The van der Waals surface area contributed by atoms with Gasteiger partial charge in [-0.1, -0.05) is 48.4 Å². The molecule has 0 radical (unpaired) electrons. The summed E-state index contributed by atoms with van der Waals surface area (Å²) in [6.45, 7) is 0.496. The lowest BCUT2D eigenvalue weighted by Gasteiger charge is -2.30. The third kappa shape index (κ3) is 3.40. The largest absolute Gasteiger partial charge is 0.385 e. The van der Waals surface area contributed by atoms with Crippen LogP contribution in [0.1, 0.15) is 16.7 Å². The summed E-state index contributed by atoms with van der Waals surface area (Å²) in [5.74, 6) is -0.707. The number of benzene rings is 2. The molecule has 4 heteroatoms. The van der Waals surface area contributed by atoms with Gasteiger partial charge in [0.15, 0.2) is 0 Å². The van der Waals surface area contributed by atoms with E-state index in [0.717, 1.165) is 11.1 Å². The van der Waals surface area contributed by atoms with Gasteiger partial charge in [0.1, 0.15) is 0 Å². The van der Waals surface area contributed by atoms with Crippen LogP contribution < -0.4 is 0 Å². The van der Waals surface area contributed by atoms with Crippen molar-refractivity contribution in [3.8, 4) is 11.8 Å². The highest BCUT2D eigenvalue weighted by Gasteiger charge is 2.41. The van der Waals surface area contributed by atoms with Gasteiger partial charge in [0.2, 0.25) is 0 Å². The van der Waals surface area contributed by atoms with Crippen LogP contribution in [0.3, 0.4) is 0 Å². The van der Waals surface area contributed by atoms with Crippen molar-refractivity contribution in [1.82, 2.24) is 4.90 Å². The number of hydrogen-bond donors (Lipinski definition) is 0. The number of nitrogens with zero attached hydrogens (tertiary/aromatic N) is 1. The molecule has 0 N–H and O–H groups in total. The summed E-state index contributed by atoms with van der Waals surface area (Å²) in [6.07, 6.45) is 0.587. The molecule has 23 heavy (non-hydrogen) atoms. The van der Waals surface area contributed by atoms with Gasteiger partial charge in [-0.05, 0) is 35.6 Å². The van der Waals surface area contributed by atoms with E-state index in [0.29, 0.717) is 18.5 Å². The number of hydrogen-bond acceptors (Lipinski definition) is 1. The van der Waals surface area contributed by atoms with Crippen molar-refractivity contribution in [2.45, 2.75) is 18.9 Å². The molecule has 3 rings (SSSR count). The molecule has 0 aromatic heterocycles. The molecule has 1 aliphatic heterocycles. The predicted molar refractivity (Wildman–Crippen MR) is 83.8 cm³/mol. The lowest BCUT2D eigenvalue weighted by Crippen LogP contribution is -2.45. The summed E-state index contributed by atoms with van der Waals surface area (Å²) in [6, 6.07) is 16.1. The maximum Gasteiger partial charge on any atom is 0.385 e. The summed E-state index contributed by atoms with van der Waals surface area (Å²) >= 11 is 0. The standard InChI is InChI=1S/C19H15F2NO/c20-19(21,12-10-15-6-2-1-3-7-15)18(23)22-13-11-16-8-4-5-9-17(16)14-22/h1-9H,11,13-14H2. The minimum atomic E-state index is -3.68. The molecule has 0 saturated heterocycles. The highest BCUT2D eigenvalue weighted by molar-refractivity contribution is 5.87. The first kappa shape index (κ1) is 15.2. The first-order valence-corrected chi connectivity index (χ1v) is 7.38. The monoisotopic (exact) mass is 311 g/mol. The highest BCUT2D eigenvalue weighted by Crippen LogP contribution is 2.23. The van der Waals surface area contributed by atoms with E-state index in [4.69, 9.17) is 0 Å². The average molecular weight is 311 g/mol. The van der Waals surface area contributed by atoms with Crippen molar-refractivity contribution < 1.29 is 13.6 Å². The van der Waals surface area contributed by atoms with Crippen molar-refractivity contribution in [2.24, 2.45) is 0 Å². The van der Waals surface area contributed by atoms with Gasteiger partial charge in [-0.2, -0.15) is 8.78 Å². The number of carbonyl (C=O) groups is 1. The van der Waals surface area contributed by atoms with Crippen LogP contribution in [0.2, 0.25) is 0 Å². The Morgan fingerprint density at radius 1 is 1.00 bits per heavy atom. The lowest BCUT2D eigenvalue weighted by atomic mass is 9.99. The molecule has 0 spiro atoms. The van der Waals surface area contributed by atoms with Crippen LogP contribution in [0.25, 0.3) is 0 Å². The molecule has 0 aliphatic carbocycles. The molecule has 0 saturated carbocycles. The highest BCUT2D eigenvalue weighted by atomic mass is 19.3. The van der Waals surface area contributed by atoms with Gasteiger partial charge in [-0.15, -0.1) is 0 Å². The van der Waals surface area contributed by atoms with E-state index in [1.165, 1.54) is 4.90 Å². The average Bonchev–Trinajstić information content (AvgIpc) is 2.60. The maximum atomic E-state index is 14.1. The Morgan fingerprint density at radius 3 is 2.39 bits per heavy atom. The van der Waals surface area contributed by atoms with E-state index in [1.807, 2.05) is 30.2 Å². The zero-order valence-electron chi connectivity index (χ0n) is 12.4. The van der Waals surface area contributed by atoms with E-state index in [2.05, 4.69) is 5.92 Å². The fraction of sp³-hybridized carbons (Fsp3) is 0.211. The second-order valence-electron chi connectivity index (χ2n) is 5.44. The summed E-state index contributed by atoms with van der Waals surface area (Å²) in [4.78, 5) is 13.3. The number of fused-ring (bicyclic) bond motifs is 1.